The zero-order chi connectivity index (χ0) is 14.7. The number of nitrogens with zero attached hydrogens (tertiary/aromatic N) is 1. The molecule has 106 valence electrons. The third kappa shape index (κ3) is 2.78. The van der Waals surface area contributed by atoms with Crippen LogP contribution in [0.1, 0.15) is 11.3 Å². The van der Waals surface area contributed by atoms with Gasteiger partial charge in [-0.2, -0.15) is 0 Å². The summed E-state index contributed by atoms with van der Waals surface area (Å²) in [5.41, 5.74) is 2.55. The largest absolute Gasteiger partial charge is 0.392 e. The van der Waals surface area contributed by atoms with Gasteiger partial charge in [0.05, 0.1) is 13.0 Å². The molecule has 2 aromatic carbocycles. The summed E-state index contributed by atoms with van der Waals surface area (Å²) in [6, 6.07) is 14.6. The lowest BCUT2D eigenvalue weighted by Gasteiger charge is -2.08. The first kappa shape index (κ1) is 13.3. The lowest BCUT2D eigenvalue weighted by Crippen LogP contribution is -2.15. The van der Waals surface area contributed by atoms with Gasteiger partial charge in [0.2, 0.25) is 5.91 Å². The Kier molecular flexibility index (Phi) is 3.66. The first-order valence-corrected chi connectivity index (χ1v) is 6.60. The van der Waals surface area contributed by atoms with Crippen LogP contribution < -0.4 is 5.32 Å². The molecule has 0 aliphatic heterocycles. The van der Waals surface area contributed by atoms with E-state index in [1.165, 1.54) is 0 Å². The van der Waals surface area contributed by atoms with Crippen molar-refractivity contribution in [1.29, 1.82) is 0 Å². The molecule has 2 N–H and O–H groups in total. The predicted octanol–water partition coefficient (Wildman–Crippen LogP) is 2.50. The van der Waals surface area contributed by atoms with Crippen LogP contribution in [0.25, 0.3) is 11.0 Å². The van der Waals surface area contributed by atoms with Gasteiger partial charge in [0.25, 0.3) is 0 Å². The van der Waals surface area contributed by atoms with Crippen molar-refractivity contribution in [3.05, 3.63) is 59.8 Å². The summed E-state index contributed by atoms with van der Waals surface area (Å²) in [6.07, 6.45) is 0.122. The Morgan fingerprint density at radius 3 is 2.76 bits per heavy atom. The average molecular weight is 282 g/mol. The van der Waals surface area contributed by atoms with Crippen molar-refractivity contribution in [3.8, 4) is 0 Å². The molecule has 1 aromatic heterocycles. The van der Waals surface area contributed by atoms with Gasteiger partial charge in [-0.1, -0.05) is 35.5 Å². The fourth-order valence-electron chi connectivity index (χ4n) is 2.19. The maximum atomic E-state index is 12.1. The standard InChI is InChI=1S/C16H14N2O3/c19-10-11-5-1-3-7-13(11)17-16(20)9-14-12-6-2-4-8-15(12)21-18-14/h1-8,19H,9-10H2,(H,17,20). The molecule has 1 amide bonds. The number of hydrogen-bond acceptors (Lipinski definition) is 4. The van der Waals surface area contributed by atoms with Gasteiger partial charge in [-0.05, 0) is 18.2 Å². The van der Waals surface area contributed by atoms with Gasteiger partial charge in [0, 0.05) is 16.6 Å². The summed E-state index contributed by atoms with van der Waals surface area (Å²) in [5.74, 6) is -0.199. The van der Waals surface area contributed by atoms with Crippen LogP contribution >= 0.6 is 0 Å². The van der Waals surface area contributed by atoms with E-state index in [1.807, 2.05) is 30.3 Å². The molecular weight excluding hydrogens is 268 g/mol. The highest BCUT2D eigenvalue weighted by Crippen LogP contribution is 2.19. The van der Waals surface area contributed by atoms with E-state index in [9.17, 15) is 9.90 Å². The van der Waals surface area contributed by atoms with Gasteiger partial charge < -0.3 is 14.9 Å². The molecular formula is C16H14N2O3. The second-order valence-corrected chi connectivity index (χ2v) is 4.67. The summed E-state index contributed by atoms with van der Waals surface area (Å²) >= 11 is 0. The highest BCUT2D eigenvalue weighted by atomic mass is 16.5. The molecule has 0 aliphatic carbocycles. The fraction of sp³-hybridized carbons (Fsp3) is 0.125. The normalized spacial score (nSPS) is 10.7. The molecule has 1 heterocycles. The summed E-state index contributed by atoms with van der Waals surface area (Å²) in [6.45, 7) is -0.122. The Balaban J connectivity index is 1.77. The monoisotopic (exact) mass is 282 g/mol. The van der Waals surface area contributed by atoms with Gasteiger partial charge in [-0.3, -0.25) is 4.79 Å². The summed E-state index contributed by atoms with van der Waals surface area (Å²) < 4.78 is 5.18. The number of aliphatic hydroxyl groups is 1. The Bertz CT molecular complexity index is 780. The molecule has 0 unspecified atom stereocenters. The van der Waals surface area contributed by atoms with Gasteiger partial charge >= 0.3 is 0 Å². The molecule has 0 saturated carbocycles. The topological polar surface area (TPSA) is 75.4 Å². The molecule has 0 saturated heterocycles. The number of hydrogen-bond donors (Lipinski definition) is 2. The molecule has 0 bridgehead atoms. The van der Waals surface area contributed by atoms with E-state index in [1.54, 1.807) is 18.2 Å². The van der Waals surface area contributed by atoms with Crippen molar-refractivity contribution in [3.63, 3.8) is 0 Å². The maximum Gasteiger partial charge on any atom is 0.230 e. The van der Waals surface area contributed by atoms with Crippen molar-refractivity contribution in [1.82, 2.24) is 5.16 Å². The minimum absolute atomic E-state index is 0.122. The van der Waals surface area contributed by atoms with Crippen LogP contribution in [0.15, 0.2) is 53.1 Å². The molecule has 0 atom stereocenters. The maximum absolute atomic E-state index is 12.1. The molecule has 5 heteroatoms. The van der Waals surface area contributed by atoms with Crippen molar-refractivity contribution in [2.24, 2.45) is 0 Å². The van der Waals surface area contributed by atoms with E-state index in [0.29, 0.717) is 22.5 Å². The van der Waals surface area contributed by atoms with Crippen LogP contribution in [0, 0.1) is 0 Å². The summed E-state index contributed by atoms with van der Waals surface area (Å²) in [7, 11) is 0. The van der Waals surface area contributed by atoms with Crippen molar-refractivity contribution in [2.45, 2.75) is 13.0 Å². The van der Waals surface area contributed by atoms with E-state index < -0.39 is 0 Å². The second-order valence-electron chi connectivity index (χ2n) is 4.67. The zero-order valence-corrected chi connectivity index (χ0v) is 11.2. The van der Waals surface area contributed by atoms with Crippen LogP contribution in [-0.2, 0) is 17.8 Å². The number of amides is 1. The van der Waals surface area contributed by atoms with Crippen molar-refractivity contribution >= 4 is 22.6 Å². The zero-order valence-electron chi connectivity index (χ0n) is 11.2. The highest BCUT2D eigenvalue weighted by Gasteiger charge is 2.13. The number of rotatable bonds is 4. The third-order valence-electron chi connectivity index (χ3n) is 3.24. The van der Waals surface area contributed by atoms with Gasteiger partial charge in [0.1, 0.15) is 5.69 Å². The molecule has 3 aromatic rings. The lowest BCUT2D eigenvalue weighted by atomic mass is 10.1. The minimum atomic E-state index is -0.199. The lowest BCUT2D eigenvalue weighted by molar-refractivity contribution is -0.115. The van der Waals surface area contributed by atoms with Crippen LogP contribution in [0.5, 0.6) is 0 Å². The Hall–Kier alpha value is -2.66. The van der Waals surface area contributed by atoms with Crippen molar-refractivity contribution < 1.29 is 14.4 Å². The Morgan fingerprint density at radius 1 is 1.14 bits per heavy atom. The number of benzene rings is 2. The van der Waals surface area contributed by atoms with Gasteiger partial charge in [-0.25, -0.2) is 0 Å². The molecule has 0 aliphatic rings. The number of nitrogens with one attached hydrogen (secondary N) is 1. The second kappa shape index (κ2) is 5.76. The number of anilines is 1. The number of carbonyl (C=O) groups is 1. The minimum Gasteiger partial charge on any atom is -0.392 e. The fourth-order valence-corrected chi connectivity index (χ4v) is 2.19. The summed E-state index contributed by atoms with van der Waals surface area (Å²) in [5, 5.41) is 16.8. The SMILES string of the molecule is O=C(Cc1noc2ccccc12)Nc1ccccc1CO. The van der Waals surface area contributed by atoms with Crippen LogP contribution in [0.3, 0.4) is 0 Å². The van der Waals surface area contributed by atoms with Crippen LogP contribution in [0.4, 0.5) is 5.69 Å². The van der Waals surface area contributed by atoms with Crippen molar-refractivity contribution in [2.75, 3.05) is 5.32 Å². The number of carbonyl (C=O) groups excluding carboxylic acids is 1. The Labute approximate surface area is 121 Å². The van der Waals surface area contributed by atoms with Crippen LogP contribution in [0.2, 0.25) is 0 Å². The summed E-state index contributed by atoms with van der Waals surface area (Å²) in [4.78, 5) is 12.1. The number of aliphatic hydroxyl groups excluding tert-OH is 1. The molecule has 0 fully saturated rings. The first-order valence-electron chi connectivity index (χ1n) is 6.60. The number of aromatic nitrogens is 1. The highest BCUT2D eigenvalue weighted by molar-refractivity contribution is 5.95. The van der Waals surface area contributed by atoms with E-state index >= 15 is 0 Å². The average Bonchev–Trinajstić information content (AvgIpc) is 2.91. The van der Waals surface area contributed by atoms with Gasteiger partial charge in [-0.15, -0.1) is 0 Å². The molecule has 21 heavy (non-hydrogen) atoms. The number of fused-ring (bicyclic) bond motifs is 1. The molecule has 5 nitrogen and oxygen atoms in total. The number of para-hydroxylation sites is 2. The molecule has 0 radical (unpaired) electrons. The molecule has 0 spiro atoms. The van der Waals surface area contributed by atoms with E-state index in [4.69, 9.17) is 4.52 Å². The Morgan fingerprint density at radius 2 is 1.90 bits per heavy atom. The smallest absolute Gasteiger partial charge is 0.230 e. The quantitative estimate of drug-likeness (QED) is 0.771. The predicted molar refractivity (Wildman–Crippen MR) is 78.7 cm³/mol. The van der Waals surface area contributed by atoms with E-state index in [-0.39, 0.29) is 18.9 Å². The van der Waals surface area contributed by atoms with Crippen LogP contribution in [-0.4, -0.2) is 16.2 Å². The van der Waals surface area contributed by atoms with Gasteiger partial charge in [0.15, 0.2) is 5.58 Å². The molecule has 3 rings (SSSR count). The van der Waals surface area contributed by atoms with E-state index in [2.05, 4.69) is 10.5 Å². The first-order chi connectivity index (χ1) is 10.3. The van der Waals surface area contributed by atoms with E-state index in [0.717, 1.165) is 5.39 Å². The third-order valence-corrected chi connectivity index (χ3v) is 3.24.